The van der Waals surface area contributed by atoms with Crippen molar-refractivity contribution in [3.8, 4) is 0 Å². The first-order chi connectivity index (χ1) is 11.2. The van der Waals surface area contributed by atoms with Gasteiger partial charge in [-0.25, -0.2) is 4.79 Å². The van der Waals surface area contributed by atoms with Gasteiger partial charge in [0.05, 0.1) is 16.6 Å². The molecule has 6 nitrogen and oxygen atoms in total. The Kier molecular flexibility index (Phi) is 3.69. The summed E-state index contributed by atoms with van der Waals surface area (Å²) in [5.41, 5.74) is 1.50. The van der Waals surface area contributed by atoms with Crippen LogP contribution in [0, 0.1) is 0 Å². The number of hydrogen-bond donors (Lipinski definition) is 3. The van der Waals surface area contributed by atoms with Crippen molar-refractivity contribution in [3.63, 3.8) is 0 Å². The van der Waals surface area contributed by atoms with Crippen LogP contribution in [0.15, 0.2) is 23.0 Å². The van der Waals surface area contributed by atoms with Crippen molar-refractivity contribution in [2.75, 3.05) is 13.1 Å². The van der Waals surface area contributed by atoms with Crippen molar-refractivity contribution < 1.29 is 4.79 Å². The lowest BCUT2D eigenvalue weighted by molar-refractivity contribution is 0.0678. The number of imidazole rings is 1. The monoisotopic (exact) mass is 314 g/mol. The summed E-state index contributed by atoms with van der Waals surface area (Å²) in [6, 6.07) is 6.21. The van der Waals surface area contributed by atoms with E-state index in [1.807, 2.05) is 0 Å². The molecular formula is C17H22N4O2. The Morgan fingerprint density at radius 1 is 1.13 bits per heavy atom. The molecule has 2 fully saturated rings. The maximum atomic E-state index is 12.5. The Morgan fingerprint density at radius 2 is 1.91 bits per heavy atom. The van der Waals surface area contributed by atoms with Gasteiger partial charge in [0.25, 0.3) is 5.91 Å². The van der Waals surface area contributed by atoms with Crippen LogP contribution in [-0.2, 0) is 0 Å². The number of carbonyl (C=O) groups is 1. The molecular weight excluding hydrogens is 292 g/mol. The molecule has 1 aromatic heterocycles. The molecule has 0 spiro atoms. The summed E-state index contributed by atoms with van der Waals surface area (Å²) in [4.78, 5) is 31.9. The number of likely N-dealkylation sites (tertiary alicyclic amines) is 1. The molecule has 1 saturated carbocycles. The molecule has 0 radical (unpaired) electrons. The van der Waals surface area contributed by atoms with Gasteiger partial charge < -0.3 is 20.2 Å². The van der Waals surface area contributed by atoms with Gasteiger partial charge in [-0.1, -0.05) is 12.5 Å². The third-order valence-corrected chi connectivity index (χ3v) is 5.15. The normalized spacial score (nSPS) is 25.2. The number of amides is 1. The minimum absolute atomic E-state index is 0.104. The summed E-state index contributed by atoms with van der Waals surface area (Å²) in [7, 11) is 0. The highest BCUT2D eigenvalue weighted by Crippen LogP contribution is 2.28. The molecule has 4 rings (SSSR count). The lowest BCUT2D eigenvalue weighted by Crippen LogP contribution is -2.54. The zero-order valence-corrected chi connectivity index (χ0v) is 13.1. The number of para-hydroxylation sites is 1. The molecule has 1 aliphatic heterocycles. The van der Waals surface area contributed by atoms with Gasteiger partial charge in [0.2, 0.25) is 0 Å². The molecule has 1 aliphatic carbocycles. The fourth-order valence-corrected chi connectivity index (χ4v) is 3.80. The van der Waals surface area contributed by atoms with Gasteiger partial charge in [0, 0.05) is 12.1 Å². The molecule has 6 heteroatoms. The van der Waals surface area contributed by atoms with E-state index < -0.39 is 0 Å². The van der Waals surface area contributed by atoms with E-state index in [2.05, 4.69) is 20.2 Å². The average Bonchev–Trinajstić information content (AvgIpc) is 2.91. The van der Waals surface area contributed by atoms with Crippen LogP contribution in [0.3, 0.4) is 0 Å². The number of nitrogens with one attached hydrogen (secondary N) is 3. The fraction of sp³-hybridized carbons (Fsp3) is 0.529. The third-order valence-electron chi connectivity index (χ3n) is 5.15. The number of rotatable bonds is 3. The topological polar surface area (TPSA) is 81.0 Å². The lowest BCUT2D eigenvalue weighted by Gasteiger charge is -2.44. The summed E-state index contributed by atoms with van der Waals surface area (Å²) >= 11 is 0. The van der Waals surface area contributed by atoms with Gasteiger partial charge in [-0.2, -0.15) is 0 Å². The molecule has 2 heterocycles. The first-order valence-electron chi connectivity index (χ1n) is 8.46. The maximum Gasteiger partial charge on any atom is 0.323 e. The van der Waals surface area contributed by atoms with Crippen molar-refractivity contribution in [3.05, 3.63) is 34.2 Å². The number of nitrogens with zero attached hydrogens (tertiary/aromatic N) is 1. The Morgan fingerprint density at radius 3 is 2.70 bits per heavy atom. The lowest BCUT2D eigenvalue weighted by atomic mass is 9.84. The van der Waals surface area contributed by atoms with E-state index in [1.54, 1.807) is 18.2 Å². The van der Waals surface area contributed by atoms with Gasteiger partial charge in [-0.3, -0.25) is 4.79 Å². The minimum atomic E-state index is -0.283. The second kappa shape index (κ2) is 5.85. The largest absolute Gasteiger partial charge is 0.349 e. The highest BCUT2D eigenvalue weighted by atomic mass is 16.2. The van der Waals surface area contributed by atoms with Crippen LogP contribution in [0.25, 0.3) is 11.0 Å². The molecule has 3 N–H and O–H groups in total. The molecule has 2 aliphatic rings. The first kappa shape index (κ1) is 14.5. The van der Waals surface area contributed by atoms with E-state index in [4.69, 9.17) is 0 Å². The van der Waals surface area contributed by atoms with Gasteiger partial charge >= 0.3 is 5.69 Å². The number of aromatic amines is 2. The highest BCUT2D eigenvalue weighted by Gasteiger charge is 2.35. The summed E-state index contributed by atoms with van der Waals surface area (Å²) < 4.78 is 0. The molecule has 23 heavy (non-hydrogen) atoms. The fourth-order valence-electron chi connectivity index (χ4n) is 3.80. The van der Waals surface area contributed by atoms with Crippen LogP contribution in [0.4, 0.5) is 0 Å². The summed E-state index contributed by atoms with van der Waals surface area (Å²) in [5, 5.41) is 3.10. The van der Waals surface area contributed by atoms with Crippen LogP contribution in [0.5, 0.6) is 0 Å². The SMILES string of the molecule is O=C(NC1CC(N2CCCCC2)C1)c1cccc2[nH]c(=O)[nH]c12. The van der Waals surface area contributed by atoms with Crippen molar-refractivity contribution in [1.82, 2.24) is 20.2 Å². The van der Waals surface area contributed by atoms with E-state index in [0.29, 0.717) is 22.6 Å². The molecule has 1 saturated heterocycles. The summed E-state index contributed by atoms with van der Waals surface area (Å²) in [6.45, 7) is 2.41. The van der Waals surface area contributed by atoms with E-state index in [-0.39, 0.29) is 17.6 Å². The molecule has 122 valence electrons. The Hall–Kier alpha value is -2.08. The van der Waals surface area contributed by atoms with Crippen LogP contribution >= 0.6 is 0 Å². The van der Waals surface area contributed by atoms with Crippen molar-refractivity contribution >= 4 is 16.9 Å². The highest BCUT2D eigenvalue weighted by molar-refractivity contribution is 6.04. The van der Waals surface area contributed by atoms with Gasteiger partial charge in [-0.15, -0.1) is 0 Å². The number of hydrogen-bond acceptors (Lipinski definition) is 3. The Balaban J connectivity index is 1.40. The summed E-state index contributed by atoms with van der Waals surface area (Å²) in [6.07, 6.45) is 6.02. The molecule has 2 aromatic rings. The van der Waals surface area contributed by atoms with E-state index in [0.717, 1.165) is 12.8 Å². The number of benzene rings is 1. The van der Waals surface area contributed by atoms with E-state index in [9.17, 15) is 9.59 Å². The van der Waals surface area contributed by atoms with Crippen molar-refractivity contribution in [1.29, 1.82) is 0 Å². The van der Waals surface area contributed by atoms with Crippen molar-refractivity contribution in [2.24, 2.45) is 0 Å². The number of aromatic nitrogens is 2. The summed E-state index contributed by atoms with van der Waals surface area (Å²) in [5.74, 6) is -0.104. The molecule has 0 bridgehead atoms. The predicted molar refractivity (Wildman–Crippen MR) is 88.6 cm³/mol. The van der Waals surface area contributed by atoms with Crippen LogP contribution in [-0.4, -0.2) is 45.9 Å². The molecule has 1 aromatic carbocycles. The number of carbonyl (C=O) groups excluding carboxylic acids is 1. The smallest absolute Gasteiger partial charge is 0.323 e. The number of H-pyrrole nitrogens is 2. The molecule has 0 atom stereocenters. The minimum Gasteiger partial charge on any atom is -0.349 e. The van der Waals surface area contributed by atoms with Gasteiger partial charge in [0.15, 0.2) is 0 Å². The number of fused-ring (bicyclic) bond motifs is 1. The standard InChI is InChI=1S/C17H22N4O2/c22-16(13-5-4-6-14-15(13)20-17(23)19-14)18-11-9-12(10-11)21-7-2-1-3-8-21/h4-6,11-12H,1-3,7-10H2,(H,18,22)(H2,19,20,23). The Bertz CT molecular complexity index is 766. The first-order valence-corrected chi connectivity index (χ1v) is 8.46. The Labute approximate surface area is 134 Å². The van der Waals surface area contributed by atoms with Crippen LogP contribution < -0.4 is 11.0 Å². The zero-order chi connectivity index (χ0) is 15.8. The van der Waals surface area contributed by atoms with Gasteiger partial charge in [-0.05, 0) is 50.9 Å². The van der Waals surface area contributed by atoms with Gasteiger partial charge in [0.1, 0.15) is 0 Å². The predicted octanol–water partition coefficient (Wildman–Crippen LogP) is 1.60. The molecule has 1 amide bonds. The average molecular weight is 314 g/mol. The van der Waals surface area contributed by atoms with Crippen molar-refractivity contribution in [2.45, 2.75) is 44.2 Å². The van der Waals surface area contributed by atoms with E-state index >= 15 is 0 Å². The zero-order valence-electron chi connectivity index (χ0n) is 13.1. The third kappa shape index (κ3) is 2.79. The second-order valence-electron chi connectivity index (χ2n) is 6.70. The van der Waals surface area contributed by atoms with Crippen LogP contribution in [0.1, 0.15) is 42.5 Å². The maximum absolute atomic E-state index is 12.5. The van der Waals surface area contributed by atoms with E-state index in [1.165, 1.54) is 32.4 Å². The van der Waals surface area contributed by atoms with Crippen LogP contribution in [0.2, 0.25) is 0 Å². The second-order valence-corrected chi connectivity index (χ2v) is 6.70. The quantitative estimate of drug-likeness (QED) is 0.805. The molecule has 0 unspecified atom stereocenters. The number of piperidine rings is 1.